The summed E-state index contributed by atoms with van der Waals surface area (Å²) in [4.78, 5) is 21.9. The fourth-order valence-corrected chi connectivity index (χ4v) is 2.91. The first-order valence-electron chi connectivity index (χ1n) is 5.78. The molecule has 6 N–H and O–H groups in total. The summed E-state index contributed by atoms with van der Waals surface area (Å²) < 4.78 is 0. The number of hydrogen-bond acceptors (Lipinski definition) is 2. The van der Waals surface area contributed by atoms with Crippen LogP contribution in [-0.4, -0.2) is 23.6 Å². The van der Waals surface area contributed by atoms with Crippen LogP contribution in [0.3, 0.4) is 0 Å². The van der Waals surface area contributed by atoms with Gasteiger partial charge < -0.3 is 22.1 Å². The molecule has 0 saturated heterocycles. The van der Waals surface area contributed by atoms with E-state index in [0.717, 1.165) is 19.3 Å². The number of urea groups is 2. The average molecular weight is 242 g/mol. The molecule has 0 aromatic rings. The van der Waals surface area contributed by atoms with Crippen molar-refractivity contribution in [1.82, 2.24) is 10.6 Å². The van der Waals surface area contributed by atoms with Crippen molar-refractivity contribution in [3.05, 3.63) is 0 Å². The molecule has 6 nitrogen and oxygen atoms in total. The molecule has 1 fully saturated rings. The number of carbonyl (C=O) groups excluding carboxylic acids is 2. The van der Waals surface area contributed by atoms with E-state index in [1.165, 1.54) is 0 Å². The van der Waals surface area contributed by atoms with E-state index in [9.17, 15) is 9.59 Å². The second-order valence-corrected chi connectivity index (χ2v) is 5.82. The van der Waals surface area contributed by atoms with E-state index in [4.69, 9.17) is 11.5 Å². The van der Waals surface area contributed by atoms with Crippen LogP contribution in [0.15, 0.2) is 0 Å². The van der Waals surface area contributed by atoms with E-state index in [1.54, 1.807) is 0 Å². The summed E-state index contributed by atoms with van der Waals surface area (Å²) in [5.74, 6) is 0. The second-order valence-electron chi connectivity index (χ2n) is 5.82. The minimum atomic E-state index is -0.510. The van der Waals surface area contributed by atoms with E-state index in [0.29, 0.717) is 0 Å². The third kappa shape index (κ3) is 3.51. The largest absolute Gasteiger partial charge is 0.352 e. The Labute approximate surface area is 101 Å². The molecule has 0 spiro atoms. The van der Waals surface area contributed by atoms with Crippen molar-refractivity contribution in [2.24, 2.45) is 16.9 Å². The first-order chi connectivity index (χ1) is 7.65. The molecule has 0 aromatic carbocycles. The standard InChI is InChI=1S/C11H22N4O2/c1-10(2)6-11(3,15-9(13)17)5-4-7(10)14-8(12)16/h7H,4-6H2,1-3H3,(H3,12,14,16)(H3,13,15,17)/t7-,11-/m0/s1. The molecule has 2 atom stereocenters. The van der Waals surface area contributed by atoms with Gasteiger partial charge in [-0.25, -0.2) is 9.59 Å². The van der Waals surface area contributed by atoms with Crippen molar-refractivity contribution in [3.8, 4) is 0 Å². The molecule has 1 aliphatic carbocycles. The summed E-state index contributed by atoms with van der Waals surface area (Å²) in [7, 11) is 0. The maximum Gasteiger partial charge on any atom is 0.312 e. The normalized spacial score (nSPS) is 31.6. The number of primary amides is 2. The highest BCUT2D eigenvalue weighted by atomic mass is 16.2. The Hall–Kier alpha value is -1.46. The number of hydrogen-bond donors (Lipinski definition) is 4. The van der Waals surface area contributed by atoms with Gasteiger partial charge in [0.2, 0.25) is 0 Å². The van der Waals surface area contributed by atoms with Gasteiger partial charge in [-0.05, 0) is 31.6 Å². The molecule has 1 aliphatic rings. The Bertz CT molecular complexity index is 329. The summed E-state index contributed by atoms with van der Waals surface area (Å²) >= 11 is 0. The van der Waals surface area contributed by atoms with Gasteiger partial charge in [-0.2, -0.15) is 0 Å². The predicted octanol–water partition coefficient (Wildman–Crippen LogP) is 0.660. The molecule has 17 heavy (non-hydrogen) atoms. The second kappa shape index (κ2) is 4.43. The van der Waals surface area contributed by atoms with Crippen molar-refractivity contribution in [2.75, 3.05) is 0 Å². The van der Waals surface area contributed by atoms with Crippen molar-refractivity contribution in [3.63, 3.8) is 0 Å². The lowest BCUT2D eigenvalue weighted by Gasteiger charge is -2.47. The highest BCUT2D eigenvalue weighted by Crippen LogP contribution is 2.40. The third-order valence-electron chi connectivity index (χ3n) is 3.52. The maximum absolute atomic E-state index is 11.0. The van der Waals surface area contributed by atoms with E-state index < -0.39 is 12.1 Å². The Morgan fingerprint density at radius 1 is 1.18 bits per heavy atom. The first kappa shape index (κ1) is 13.6. The van der Waals surface area contributed by atoms with Crippen molar-refractivity contribution >= 4 is 12.1 Å². The van der Waals surface area contributed by atoms with Crippen LogP contribution >= 0.6 is 0 Å². The smallest absolute Gasteiger partial charge is 0.312 e. The lowest BCUT2D eigenvalue weighted by Crippen LogP contribution is -2.59. The Morgan fingerprint density at radius 2 is 1.76 bits per heavy atom. The van der Waals surface area contributed by atoms with Crippen LogP contribution in [-0.2, 0) is 0 Å². The van der Waals surface area contributed by atoms with Crippen LogP contribution in [0, 0.1) is 5.41 Å². The molecule has 4 amide bonds. The van der Waals surface area contributed by atoms with Gasteiger partial charge in [0.25, 0.3) is 0 Å². The van der Waals surface area contributed by atoms with Crippen molar-refractivity contribution in [2.45, 2.75) is 51.6 Å². The van der Waals surface area contributed by atoms with Gasteiger partial charge in [0.05, 0.1) is 0 Å². The van der Waals surface area contributed by atoms with E-state index in [-0.39, 0.29) is 17.0 Å². The fourth-order valence-electron chi connectivity index (χ4n) is 2.91. The number of amides is 4. The number of nitrogens with one attached hydrogen (secondary N) is 2. The SMILES string of the molecule is CC1(C)C[C@@](C)(NC(N)=O)CC[C@@H]1NC(N)=O. The zero-order valence-corrected chi connectivity index (χ0v) is 10.7. The van der Waals surface area contributed by atoms with E-state index >= 15 is 0 Å². The number of nitrogens with two attached hydrogens (primary N) is 2. The van der Waals surface area contributed by atoms with Gasteiger partial charge in [-0.1, -0.05) is 13.8 Å². The summed E-state index contributed by atoms with van der Waals surface area (Å²) in [6.07, 6.45) is 2.28. The topological polar surface area (TPSA) is 110 Å². The zero-order valence-electron chi connectivity index (χ0n) is 10.7. The molecule has 6 heteroatoms. The van der Waals surface area contributed by atoms with Crippen LogP contribution in [0.1, 0.15) is 40.0 Å². The van der Waals surface area contributed by atoms with Gasteiger partial charge in [0.15, 0.2) is 0 Å². The summed E-state index contributed by atoms with van der Waals surface area (Å²) in [5, 5.41) is 5.54. The summed E-state index contributed by atoms with van der Waals surface area (Å²) in [5.41, 5.74) is 9.88. The van der Waals surface area contributed by atoms with Crippen LogP contribution in [0.5, 0.6) is 0 Å². The Balaban J connectivity index is 2.73. The minimum absolute atomic E-state index is 0.0303. The van der Waals surface area contributed by atoms with Crippen LogP contribution in [0.4, 0.5) is 9.59 Å². The maximum atomic E-state index is 11.0. The predicted molar refractivity (Wildman–Crippen MR) is 65.3 cm³/mol. The minimum Gasteiger partial charge on any atom is -0.352 e. The quantitative estimate of drug-likeness (QED) is 0.570. The monoisotopic (exact) mass is 242 g/mol. The van der Waals surface area contributed by atoms with Gasteiger partial charge in [0, 0.05) is 11.6 Å². The highest BCUT2D eigenvalue weighted by molar-refractivity contribution is 5.73. The molecule has 1 saturated carbocycles. The molecule has 0 unspecified atom stereocenters. The summed E-state index contributed by atoms with van der Waals surface area (Å²) in [6, 6.07) is -0.984. The van der Waals surface area contributed by atoms with Gasteiger partial charge in [-0.15, -0.1) is 0 Å². The third-order valence-corrected chi connectivity index (χ3v) is 3.52. The molecule has 0 bridgehead atoms. The lowest BCUT2D eigenvalue weighted by atomic mass is 9.66. The molecule has 0 aliphatic heterocycles. The lowest BCUT2D eigenvalue weighted by molar-refractivity contribution is 0.0989. The molecule has 98 valence electrons. The van der Waals surface area contributed by atoms with E-state index in [2.05, 4.69) is 10.6 Å². The summed E-state index contributed by atoms with van der Waals surface area (Å²) in [6.45, 7) is 6.07. The fraction of sp³-hybridized carbons (Fsp3) is 0.818. The van der Waals surface area contributed by atoms with Gasteiger partial charge in [0.1, 0.15) is 0 Å². The number of carbonyl (C=O) groups is 2. The highest BCUT2D eigenvalue weighted by Gasteiger charge is 2.43. The van der Waals surface area contributed by atoms with Crippen molar-refractivity contribution < 1.29 is 9.59 Å². The average Bonchev–Trinajstić information content (AvgIpc) is 2.06. The molecular weight excluding hydrogens is 220 g/mol. The van der Waals surface area contributed by atoms with Crippen LogP contribution in [0.25, 0.3) is 0 Å². The molecule has 0 radical (unpaired) electrons. The van der Waals surface area contributed by atoms with Crippen molar-refractivity contribution in [1.29, 1.82) is 0 Å². The molecular formula is C11H22N4O2. The molecule has 0 heterocycles. The van der Waals surface area contributed by atoms with Crippen LogP contribution in [0.2, 0.25) is 0 Å². The molecule has 1 rings (SSSR count). The zero-order chi connectivity index (χ0) is 13.3. The molecule has 0 aromatic heterocycles. The number of rotatable bonds is 2. The van der Waals surface area contributed by atoms with Crippen LogP contribution < -0.4 is 22.1 Å². The van der Waals surface area contributed by atoms with E-state index in [1.807, 2.05) is 20.8 Å². The Kier molecular flexibility index (Phi) is 3.54. The first-order valence-corrected chi connectivity index (χ1v) is 5.78. The Morgan fingerprint density at radius 3 is 2.18 bits per heavy atom. The van der Waals surface area contributed by atoms with Gasteiger partial charge in [-0.3, -0.25) is 0 Å². The van der Waals surface area contributed by atoms with Gasteiger partial charge >= 0.3 is 12.1 Å².